The van der Waals surface area contributed by atoms with Crippen molar-refractivity contribution in [3.05, 3.63) is 46.8 Å². The van der Waals surface area contributed by atoms with Gasteiger partial charge in [-0.3, -0.25) is 4.79 Å². The number of rotatable bonds is 2. The zero-order chi connectivity index (χ0) is 12.5. The molecule has 1 heterocycles. The SMILES string of the molecule is CC(C)(C)c1ccc(-c2sccc2C=O)cc1. The monoisotopic (exact) mass is 244 g/mol. The second-order valence-electron chi connectivity index (χ2n) is 5.15. The molecule has 0 aliphatic heterocycles. The van der Waals surface area contributed by atoms with E-state index in [-0.39, 0.29) is 5.41 Å². The maximum atomic E-state index is 10.9. The number of hydrogen-bond acceptors (Lipinski definition) is 2. The van der Waals surface area contributed by atoms with E-state index in [1.165, 1.54) is 5.56 Å². The lowest BCUT2D eigenvalue weighted by atomic mass is 9.86. The fraction of sp³-hybridized carbons (Fsp3) is 0.267. The minimum Gasteiger partial charge on any atom is -0.298 e. The normalized spacial score (nSPS) is 11.5. The van der Waals surface area contributed by atoms with Gasteiger partial charge in [0.1, 0.15) is 0 Å². The third kappa shape index (κ3) is 2.47. The van der Waals surface area contributed by atoms with Gasteiger partial charge in [0.15, 0.2) is 6.29 Å². The van der Waals surface area contributed by atoms with Crippen LogP contribution in [0.2, 0.25) is 0 Å². The lowest BCUT2D eigenvalue weighted by Crippen LogP contribution is -2.10. The van der Waals surface area contributed by atoms with Crippen LogP contribution < -0.4 is 0 Å². The summed E-state index contributed by atoms with van der Waals surface area (Å²) in [5, 5.41) is 1.96. The minimum absolute atomic E-state index is 0.168. The van der Waals surface area contributed by atoms with Crippen molar-refractivity contribution in [2.24, 2.45) is 0 Å². The van der Waals surface area contributed by atoms with Crippen LogP contribution in [0.5, 0.6) is 0 Å². The first-order chi connectivity index (χ1) is 8.02. The van der Waals surface area contributed by atoms with E-state index in [1.807, 2.05) is 11.4 Å². The number of benzene rings is 1. The standard InChI is InChI=1S/C15H16OS/c1-15(2,3)13-6-4-11(5-7-13)14-12(10-16)8-9-17-14/h4-10H,1-3H3. The maximum absolute atomic E-state index is 10.9. The van der Waals surface area contributed by atoms with Crippen molar-refractivity contribution >= 4 is 17.6 Å². The van der Waals surface area contributed by atoms with Crippen molar-refractivity contribution in [2.75, 3.05) is 0 Å². The van der Waals surface area contributed by atoms with Gasteiger partial charge < -0.3 is 0 Å². The summed E-state index contributed by atoms with van der Waals surface area (Å²) in [5.41, 5.74) is 3.38. The summed E-state index contributed by atoms with van der Waals surface area (Å²) in [7, 11) is 0. The van der Waals surface area contributed by atoms with E-state index in [9.17, 15) is 4.79 Å². The average molecular weight is 244 g/mol. The van der Waals surface area contributed by atoms with Gasteiger partial charge in [-0.25, -0.2) is 0 Å². The van der Waals surface area contributed by atoms with Crippen LogP contribution in [0.3, 0.4) is 0 Å². The van der Waals surface area contributed by atoms with Gasteiger partial charge in [-0.1, -0.05) is 45.0 Å². The zero-order valence-electron chi connectivity index (χ0n) is 10.4. The Morgan fingerprint density at radius 3 is 2.24 bits per heavy atom. The molecule has 2 aromatic rings. The molecule has 1 aromatic carbocycles. The van der Waals surface area contributed by atoms with E-state index in [1.54, 1.807) is 11.3 Å². The molecule has 1 aromatic heterocycles. The lowest BCUT2D eigenvalue weighted by Gasteiger charge is -2.19. The number of thiophene rings is 1. The topological polar surface area (TPSA) is 17.1 Å². The van der Waals surface area contributed by atoms with Crippen molar-refractivity contribution in [1.29, 1.82) is 0 Å². The molecule has 0 unspecified atom stereocenters. The Labute approximate surface area is 106 Å². The Bertz CT molecular complexity index is 515. The molecule has 0 atom stereocenters. The molecule has 0 bridgehead atoms. The molecule has 0 N–H and O–H groups in total. The van der Waals surface area contributed by atoms with E-state index in [2.05, 4.69) is 45.0 Å². The van der Waals surface area contributed by atoms with Gasteiger partial charge in [0.05, 0.1) is 0 Å². The molecule has 0 spiro atoms. The Balaban J connectivity index is 2.39. The molecule has 0 aliphatic rings. The second-order valence-corrected chi connectivity index (χ2v) is 6.07. The van der Waals surface area contributed by atoms with Gasteiger partial charge in [-0.15, -0.1) is 11.3 Å². The highest BCUT2D eigenvalue weighted by molar-refractivity contribution is 7.14. The van der Waals surface area contributed by atoms with Crippen LogP contribution >= 0.6 is 11.3 Å². The summed E-state index contributed by atoms with van der Waals surface area (Å²) in [4.78, 5) is 12.0. The predicted molar refractivity (Wildman–Crippen MR) is 73.8 cm³/mol. The van der Waals surface area contributed by atoms with E-state index < -0.39 is 0 Å². The first kappa shape index (κ1) is 12.1. The van der Waals surface area contributed by atoms with E-state index in [0.717, 1.165) is 22.3 Å². The quantitative estimate of drug-likeness (QED) is 0.710. The number of aldehydes is 1. The molecule has 0 saturated carbocycles. The molecule has 0 fully saturated rings. The Morgan fingerprint density at radius 1 is 1.06 bits per heavy atom. The largest absolute Gasteiger partial charge is 0.298 e. The lowest BCUT2D eigenvalue weighted by molar-refractivity contribution is 0.112. The van der Waals surface area contributed by atoms with Crippen molar-refractivity contribution in [1.82, 2.24) is 0 Å². The smallest absolute Gasteiger partial charge is 0.151 e. The highest BCUT2D eigenvalue weighted by Crippen LogP contribution is 2.30. The van der Waals surface area contributed by atoms with Gasteiger partial charge in [0.25, 0.3) is 0 Å². The summed E-state index contributed by atoms with van der Waals surface area (Å²) < 4.78 is 0. The number of hydrogen-bond donors (Lipinski definition) is 0. The van der Waals surface area contributed by atoms with Gasteiger partial charge in [0, 0.05) is 10.4 Å². The second kappa shape index (κ2) is 4.46. The average Bonchev–Trinajstić information content (AvgIpc) is 2.76. The van der Waals surface area contributed by atoms with Crippen molar-refractivity contribution < 1.29 is 4.79 Å². The predicted octanol–water partition coefficient (Wildman–Crippen LogP) is 4.53. The molecule has 2 rings (SSSR count). The molecule has 0 radical (unpaired) electrons. The summed E-state index contributed by atoms with van der Waals surface area (Å²) in [6, 6.07) is 10.3. The number of carbonyl (C=O) groups excluding carboxylic acids is 1. The molecular weight excluding hydrogens is 228 g/mol. The third-order valence-corrected chi connectivity index (χ3v) is 3.82. The van der Waals surface area contributed by atoms with E-state index in [4.69, 9.17) is 0 Å². The van der Waals surface area contributed by atoms with Crippen molar-refractivity contribution in [3.8, 4) is 10.4 Å². The summed E-state index contributed by atoms with van der Waals surface area (Å²) in [6.45, 7) is 6.60. The van der Waals surface area contributed by atoms with Crippen LogP contribution in [0.4, 0.5) is 0 Å². The van der Waals surface area contributed by atoms with Crippen LogP contribution in [0.15, 0.2) is 35.7 Å². The number of carbonyl (C=O) groups is 1. The fourth-order valence-corrected chi connectivity index (χ4v) is 2.64. The molecule has 0 amide bonds. The molecule has 17 heavy (non-hydrogen) atoms. The van der Waals surface area contributed by atoms with Gasteiger partial charge in [-0.2, -0.15) is 0 Å². The summed E-state index contributed by atoms with van der Waals surface area (Å²) >= 11 is 1.61. The first-order valence-corrected chi connectivity index (χ1v) is 6.54. The van der Waals surface area contributed by atoms with E-state index >= 15 is 0 Å². The van der Waals surface area contributed by atoms with Crippen molar-refractivity contribution in [3.63, 3.8) is 0 Å². The van der Waals surface area contributed by atoms with Gasteiger partial charge in [0.2, 0.25) is 0 Å². The van der Waals surface area contributed by atoms with Gasteiger partial charge in [-0.05, 0) is 28.0 Å². The highest BCUT2D eigenvalue weighted by Gasteiger charge is 2.13. The summed E-state index contributed by atoms with van der Waals surface area (Å²) in [6.07, 6.45) is 0.920. The Morgan fingerprint density at radius 2 is 1.71 bits per heavy atom. The van der Waals surface area contributed by atoms with E-state index in [0.29, 0.717) is 0 Å². The molecule has 0 aliphatic carbocycles. The molecular formula is C15H16OS. The summed E-state index contributed by atoms with van der Waals surface area (Å²) in [5.74, 6) is 0. The zero-order valence-corrected chi connectivity index (χ0v) is 11.2. The highest BCUT2D eigenvalue weighted by atomic mass is 32.1. The molecule has 1 nitrogen and oxygen atoms in total. The van der Waals surface area contributed by atoms with Crippen molar-refractivity contribution in [2.45, 2.75) is 26.2 Å². The third-order valence-electron chi connectivity index (χ3n) is 2.84. The Kier molecular flexibility index (Phi) is 3.16. The maximum Gasteiger partial charge on any atom is 0.151 e. The molecule has 2 heteroatoms. The van der Waals surface area contributed by atoms with Crippen LogP contribution in [0, 0.1) is 0 Å². The molecule has 88 valence electrons. The van der Waals surface area contributed by atoms with Crippen LogP contribution in [0.1, 0.15) is 36.7 Å². The minimum atomic E-state index is 0.168. The van der Waals surface area contributed by atoms with Crippen LogP contribution in [-0.4, -0.2) is 6.29 Å². The fourth-order valence-electron chi connectivity index (χ4n) is 1.77. The first-order valence-electron chi connectivity index (χ1n) is 5.66. The molecule has 0 saturated heterocycles. The van der Waals surface area contributed by atoms with Gasteiger partial charge >= 0.3 is 0 Å². The Hall–Kier alpha value is -1.41. The van der Waals surface area contributed by atoms with Crippen LogP contribution in [-0.2, 0) is 5.41 Å². The van der Waals surface area contributed by atoms with Crippen LogP contribution in [0.25, 0.3) is 10.4 Å².